The minimum absolute atomic E-state index is 0.0380. The van der Waals surface area contributed by atoms with Gasteiger partial charge in [0.2, 0.25) is 21.9 Å². The summed E-state index contributed by atoms with van der Waals surface area (Å²) in [6.45, 7) is 2.12. The lowest BCUT2D eigenvalue weighted by Crippen LogP contribution is -2.18. The fourth-order valence-electron chi connectivity index (χ4n) is 3.69. The summed E-state index contributed by atoms with van der Waals surface area (Å²) >= 11 is 0.981. The molecule has 3 aromatic heterocycles. The zero-order valence-corrected chi connectivity index (χ0v) is 24.0. The molecule has 0 spiro atoms. The zero-order valence-electron chi connectivity index (χ0n) is 23.2. The molecule has 1 aromatic carbocycles. The van der Waals surface area contributed by atoms with E-state index in [1.807, 2.05) is 0 Å². The van der Waals surface area contributed by atoms with Crippen molar-refractivity contribution in [3.05, 3.63) is 52.7 Å². The van der Waals surface area contributed by atoms with Gasteiger partial charge in [0.05, 0.1) is 32.1 Å². The van der Waals surface area contributed by atoms with E-state index in [4.69, 9.17) is 28.1 Å². The number of carbonyl (C=O) groups excluding carboxylic acids is 2. The maximum atomic E-state index is 13.3. The van der Waals surface area contributed by atoms with Gasteiger partial charge in [-0.05, 0) is 18.2 Å². The number of methoxy groups -OCH3 is 3. The second-order valence-corrected chi connectivity index (χ2v) is 9.27. The van der Waals surface area contributed by atoms with Gasteiger partial charge in [0.15, 0.2) is 5.76 Å². The van der Waals surface area contributed by atoms with Crippen LogP contribution in [0.5, 0.6) is 17.2 Å². The van der Waals surface area contributed by atoms with Crippen LogP contribution < -0.4 is 30.5 Å². The van der Waals surface area contributed by atoms with Gasteiger partial charge in [-0.1, -0.05) is 17.4 Å². The number of ether oxygens (including phenoxy) is 5. The number of hydrogen-bond donors (Lipinski definition) is 2. The molecule has 4 rings (SSSR count). The first-order valence-corrected chi connectivity index (χ1v) is 13.2. The van der Waals surface area contributed by atoms with Crippen LogP contribution in [0.25, 0.3) is 16.3 Å². The van der Waals surface area contributed by atoms with E-state index in [1.54, 1.807) is 31.4 Å². The third-order valence-electron chi connectivity index (χ3n) is 5.45. The summed E-state index contributed by atoms with van der Waals surface area (Å²) < 4.78 is 34.0. The summed E-state index contributed by atoms with van der Waals surface area (Å²) in [5, 5.41) is 17.7. The van der Waals surface area contributed by atoms with Crippen LogP contribution >= 0.6 is 11.3 Å². The highest BCUT2D eigenvalue weighted by Gasteiger charge is 2.25. The molecular weight excluding hydrogens is 572 g/mol. The van der Waals surface area contributed by atoms with Gasteiger partial charge in [0.1, 0.15) is 30.5 Å². The molecule has 0 aliphatic heterocycles. The monoisotopic (exact) mass is 600 g/mol. The van der Waals surface area contributed by atoms with Crippen molar-refractivity contribution >= 4 is 34.1 Å². The Morgan fingerprint density at radius 3 is 2.43 bits per heavy atom. The van der Waals surface area contributed by atoms with E-state index < -0.39 is 11.5 Å². The number of anilines is 2. The first-order chi connectivity index (χ1) is 20.4. The minimum Gasteiger partial charge on any atom is -0.496 e. The Labute approximate surface area is 243 Å². The Morgan fingerprint density at radius 2 is 1.71 bits per heavy atom. The van der Waals surface area contributed by atoms with E-state index in [1.165, 1.54) is 38.1 Å². The van der Waals surface area contributed by atoms with E-state index >= 15 is 0 Å². The first-order valence-electron chi connectivity index (χ1n) is 12.4. The predicted molar refractivity (Wildman–Crippen MR) is 151 cm³/mol. The summed E-state index contributed by atoms with van der Waals surface area (Å²) in [4.78, 5) is 37.9. The van der Waals surface area contributed by atoms with E-state index in [0.717, 1.165) is 11.3 Å². The smallest absolute Gasteiger partial charge is 0.379 e. The molecule has 222 valence electrons. The average molecular weight is 601 g/mol. The highest BCUT2D eigenvalue weighted by molar-refractivity contribution is 7.17. The lowest BCUT2D eigenvalue weighted by molar-refractivity contribution is -0.114. The van der Waals surface area contributed by atoms with Crippen molar-refractivity contribution in [2.45, 2.75) is 6.92 Å². The fourth-order valence-corrected chi connectivity index (χ4v) is 4.40. The molecule has 0 aliphatic rings. The van der Waals surface area contributed by atoms with E-state index in [9.17, 15) is 14.4 Å². The molecule has 0 unspecified atom stereocenters. The molecule has 15 nitrogen and oxygen atoms in total. The lowest BCUT2D eigenvalue weighted by atomic mass is 10.0. The van der Waals surface area contributed by atoms with Crippen LogP contribution in [0, 0.1) is 0 Å². The zero-order chi connectivity index (χ0) is 30.1. The third-order valence-corrected chi connectivity index (χ3v) is 6.27. The number of amides is 2. The van der Waals surface area contributed by atoms with Crippen LogP contribution in [0.1, 0.15) is 17.5 Å². The molecule has 4 aromatic rings. The van der Waals surface area contributed by atoms with Crippen molar-refractivity contribution in [1.29, 1.82) is 0 Å². The lowest BCUT2D eigenvalue weighted by Gasteiger charge is -2.17. The molecule has 0 aliphatic carbocycles. The summed E-state index contributed by atoms with van der Waals surface area (Å²) in [7, 11) is 4.50. The highest BCUT2D eigenvalue weighted by Crippen LogP contribution is 2.42. The molecule has 16 heteroatoms. The van der Waals surface area contributed by atoms with E-state index in [-0.39, 0.29) is 53.1 Å². The molecule has 0 bridgehead atoms. The van der Waals surface area contributed by atoms with Gasteiger partial charge >= 0.3 is 5.63 Å². The van der Waals surface area contributed by atoms with Crippen molar-refractivity contribution < 1.29 is 37.7 Å². The Kier molecular flexibility index (Phi) is 10.2. The third kappa shape index (κ3) is 7.09. The maximum Gasteiger partial charge on any atom is 0.379 e. The largest absolute Gasteiger partial charge is 0.496 e. The van der Waals surface area contributed by atoms with Gasteiger partial charge in [0, 0.05) is 32.8 Å². The Bertz CT molecular complexity index is 1600. The summed E-state index contributed by atoms with van der Waals surface area (Å²) in [5.74, 6) is -0.470. The maximum absolute atomic E-state index is 13.3. The average Bonchev–Trinajstić information content (AvgIpc) is 3.62. The second-order valence-electron chi connectivity index (χ2n) is 8.31. The number of hydrogen-bond acceptors (Lipinski definition) is 13. The van der Waals surface area contributed by atoms with Crippen LogP contribution in [0.2, 0.25) is 0 Å². The molecule has 3 heterocycles. The number of nitrogens with zero attached hydrogens (tertiary/aromatic N) is 4. The number of benzene rings is 1. The minimum atomic E-state index is -0.906. The van der Waals surface area contributed by atoms with Gasteiger partial charge in [0.25, 0.3) is 5.91 Å². The van der Waals surface area contributed by atoms with Crippen molar-refractivity contribution in [2.75, 3.05) is 58.4 Å². The summed E-state index contributed by atoms with van der Waals surface area (Å²) in [6.07, 6.45) is 1.47. The number of aromatic nitrogens is 4. The molecule has 0 atom stereocenters. The van der Waals surface area contributed by atoms with Crippen molar-refractivity contribution in [3.8, 4) is 33.5 Å². The van der Waals surface area contributed by atoms with Gasteiger partial charge in [-0.25, -0.2) is 4.79 Å². The number of nitrogens with one attached hydrogen (secondary N) is 2. The second kappa shape index (κ2) is 14.2. The normalized spacial score (nSPS) is 10.8. The first kappa shape index (κ1) is 30.2. The Balaban J connectivity index is 1.70. The van der Waals surface area contributed by atoms with Crippen LogP contribution in [0.3, 0.4) is 0 Å². The molecule has 0 radical (unpaired) electrons. The Hall–Kier alpha value is -4.80. The van der Waals surface area contributed by atoms with Crippen LogP contribution in [-0.4, -0.2) is 79.5 Å². The van der Waals surface area contributed by atoms with Crippen LogP contribution in [-0.2, 0) is 14.3 Å². The highest BCUT2D eigenvalue weighted by atomic mass is 32.1. The standard InChI is InChI=1S/C26H28N6O9S/c1-15(33)28-20-8-9-27-32(20)26-31-30-25(42-26)29-23(34)19-14-16(22(24(35)41-19)40-13-11-37-3)21-17(38-4)6-5-7-18(21)39-12-10-36-2/h5-9,14H,10-13H2,1-4H3,(H,28,33)(H,29,30,34). The molecule has 2 amide bonds. The summed E-state index contributed by atoms with van der Waals surface area (Å²) in [6, 6.07) is 8.02. The van der Waals surface area contributed by atoms with E-state index in [2.05, 4.69) is 25.9 Å². The molecule has 0 fully saturated rings. The predicted octanol–water partition coefficient (Wildman–Crippen LogP) is 2.61. The number of rotatable bonds is 14. The van der Waals surface area contributed by atoms with Gasteiger partial charge in [-0.3, -0.25) is 14.9 Å². The van der Waals surface area contributed by atoms with Gasteiger partial charge in [-0.15, -0.1) is 10.2 Å². The molecule has 0 saturated heterocycles. The topological polar surface area (TPSA) is 178 Å². The fraction of sp³-hybridized carbons (Fsp3) is 0.308. The van der Waals surface area contributed by atoms with Gasteiger partial charge in [-0.2, -0.15) is 9.78 Å². The van der Waals surface area contributed by atoms with Gasteiger partial charge < -0.3 is 33.4 Å². The van der Waals surface area contributed by atoms with Crippen LogP contribution in [0.15, 0.2) is 45.7 Å². The molecule has 2 N–H and O–H groups in total. The van der Waals surface area contributed by atoms with Crippen molar-refractivity contribution in [3.63, 3.8) is 0 Å². The number of carbonyl (C=O) groups is 2. The molecule has 0 saturated carbocycles. The van der Waals surface area contributed by atoms with Crippen molar-refractivity contribution in [2.24, 2.45) is 0 Å². The van der Waals surface area contributed by atoms with E-state index in [0.29, 0.717) is 29.5 Å². The molecule has 42 heavy (non-hydrogen) atoms. The SMILES string of the molecule is COCCOc1cccc(OC)c1-c1cc(C(=O)Nc2nnc(-n3nccc3NC(C)=O)s2)oc(=O)c1OCCOC. The Morgan fingerprint density at radius 1 is 0.976 bits per heavy atom. The van der Waals surface area contributed by atoms with Crippen LogP contribution in [0.4, 0.5) is 10.9 Å². The van der Waals surface area contributed by atoms with Crippen molar-refractivity contribution in [1.82, 2.24) is 20.0 Å². The summed E-state index contributed by atoms with van der Waals surface area (Å²) in [5.41, 5.74) is -0.336. The quantitative estimate of drug-likeness (QED) is 0.203. The molecular formula is C26H28N6O9S.